The Morgan fingerprint density at radius 2 is 1.81 bits per heavy atom. The van der Waals surface area contributed by atoms with Crippen molar-refractivity contribution < 1.29 is 32.3 Å². The summed E-state index contributed by atoms with van der Waals surface area (Å²) in [6.07, 6.45) is -3.15. The van der Waals surface area contributed by atoms with Crippen LogP contribution in [0.4, 0.5) is 29.6 Å². The van der Waals surface area contributed by atoms with Crippen molar-refractivity contribution in [3.8, 4) is 23.2 Å². The van der Waals surface area contributed by atoms with Crippen LogP contribution < -0.4 is 11.1 Å². The van der Waals surface area contributed by atoms with Crippen molar-refractivity contribution in [1.82, 2.24) is 19.4 Å². The molecule has 0 saturated carbocycles. The van der Waals surface area contributed by atoms with Gasteiger partial charge in [0.1, 0.15) is 11.3 Å². The number of nitrogen functional groups attached to an aromatic ring is 1. The highest BCUT2D eigenvalue weighted by Crippen LogP contribution is 2.31. The highest BCUT2D eigenvalue weighted by atomic mass is 19.4. The average Bonchev–Trinajstić information content (AvgIpc) is 3.35. The number of amides is 3. The number of anilines is 2. The maximum Gasteiger partial charge on any atom is 0.417 e. The van der Waals surface area contributed by atoms with Crippen molar-refractivity contribution in [2.75, 3.05) is 17.6 Å². The van der Waals surface area contributed by atoms with E-state index in [0.29, 0.717) is 45.7 Å². The summed E-state index contributed by atoms with van der Waals surface area (Å²) >= 11 is 0. The van der Waals surface area contributed by atoms with Crippen molar-refractivity contribution in [2.24, 2.45) is 7.05 Å². The summed E-state index contributed by atoms with van der Waals surface area (Å²) in [5.41, 5.74) is 8.30. The first-order valence-corrected chi connectivity index (χ1v) is 15.0. The molecule has 4 aromatic rings. The number of carbonyl (C=O) groups excluding carboxylic acids is 3. The number of imide groups is 1. The number of carbonyl (C=O) groups is 3. The van der Waals surface area contributed by atoms with E-state index in [1.807, 2.05) is 4.57 Å². The van der Waals surface area contributed by atoms with Crippen molar-refractivity contribution >= 4 is 29.5 Å². The molecule has 10 nitrogen and oxygen atoms in total. The Kier molecular flexibility index (Phi) is 9.29. The van der Waals surface area contributed by atoms with Crippen LogP contribution in [0.1, 0.15) is 65.5 Å². The highest BCUT2D eigenvalue weighted by Gasteiger charge is 2.35. The number of fused-ring (bicyclic) bond motifs is 1. The fraction of sp³-hybridized carbons (Fsp3) is 0.286. The minimum atomic E-state index is -4.45. The minimum Gasteiger partial charge on any atom is -0.443 e. The maximum atomic E-state index is 13.3. The van der Waals surface area contributed by atoms with Gasteiger partial charge in [-0.2, -0.15) is 13.2 Å². The van der Waals surface area contributed by atoms with Crippen LogP contribution in [0.15, 0.2) is 60.8 Å². The smallest absolute Gasteiger partial charge is 0.417 e. The van der Waals surface area contributed by atoms with Crippen LogP contribution in [0.3, 0.4) is 0 Å². The monoisotopic (exact) mass is 658 g/mol. The minimum absolute atomic E-state index is 0.00581. The van der Waals surface area contributed by atoms with Gasteiger partial charge >= 0.3 is 12.3 Å². The molecule has 0 saturated heterocycles. The number of benzene rings is 2. The molecule has 0 aliphatic carbocycles. The number of aryl methyl sites for hydroxylation is 1. The van der Waals surface area contributed by atoms with E-state index in [-0.39, 0.29) is 31.2 Å². The lowest BCUT2D eigenvalue weighted by atomic mass is 10.1. The molecule has 0 radical (unpaired) electrons. The van der Waals surface area contributed by atoms with E-state index in [1.165, 1.54) is 12.3 Å². The zero-order valence-electron chi connectivity index (χ0n) is 26.7. The van der Waals surface area contributed by atoms with E-state index < -0.39 is 29.3 Å². The predicted molar refractivity (Wildman–Crippen MR) is 173 cm³/mol. The SMILES string of the molecule is Cn1c(-c2nc(N)ncc2C#Cc2cccc(NC(=O)CCc3cccc(C(F)(F)F)c3)c2)cc2c1CCN(C(=O)OC(C)(C)C)C2=O. The van der Waals surface area contributed by atoms with Crippen LogP contribution in [0.5, 0.6) is 0 Å². The van der Waals surface area contributed by atoms with E-state index in [1.54, 1.807) is 64.2 Å². The zero-order valence-corrected chi connectivity index (χ0v) is 26.7. The first-order chi connectivity index (χ1) is 22.6. The van der Waals surface area contributed by atoms with E-state index >= 15 is 0 Å². The van der Waals surface area contributed by atoms with Crippen molar-refractivity contribution in [2.45, 2.75) is 51.8 Å². The van der Waals surface area contributed by atoms with Gasteiger partial charge in [0.25, 0.3) is 5.91 Å². The fourth-order valence-corrected chi connectivity index (χ4v) is 5.19. The Labute approximate surface area is 275 Å². The van der Waals surface area contributed by atoms with Crippen LogP contribution in [-0.2, 0) is 35.6 Å². The molecule has 1 aliphatic heterocycles. The van der Waals surface area contributed by atoms with Crippen molar-refractivity contribution in [1.29, 1.82) is 0 Å². The first-order valence-electron chi connectivity index (χ1n) is 15.0. The molecular formula is C35H33F3N6O4. The van der Waals surface area contributed by atoms with Gasteiger partial charge in [-0.3, -0.25) is 9.59 Å². The van der Waals surface area contributed by atoms with Gasteiger partial charge < -0.3 is 20.4 Å². The maximum absolute atomic E-state index is 13.3. The molecule has 248 valence electrons. The largest absolute Gasteiger partial charge is 0.443 e. The third-order valence-corrected chi connectivity index (χ3v) is 7.45. The normalized spacial score (nSPS) is 13.0. The van der Waals surface area contributed by atoms with Gasteiger partial charge in [-0.25, -0.2) is 19.7 Å². The number of aromatic nitrogens is 3. The number of hydrogen-bond donors (Lipinski definition) is 2. The van der Waals surface area contributed by atoms with Gasteiger partial charge in [-0.05, 0) is 63.1 Å². The molecule has 2 aromatic heterocycles. The Balaban J connectivity index is 1.33. The molecule has 48 heavy (non-hydrogen) atoms. The number of rotatable bonds is 5. The molecule has 13 heteroatoms. The van der Waals surface area contributed by atoms with E-state index in [0.717, 1.165) is 22.7 Å². The van der Waals surface area contributed by atoms with E-state index in [9.17, 15) is 27.6 Å². The Bertz CT molecular complexity index is 1970. The molecule has 3 amide bonds. The molecule has 3 N–H and O–H groups in total. The topological polar surface area (TPSA) is 132 Å². The van der Waals surface area contributed by atoms with Crippen LogP contribution in [0.2, 0.25) is 0 Å². The molecule has 1 aliphatic rings. The van der Waals surface area contributed by atoms with E-state index in [4.69, 9.17) is 10.5 Å². The summed E-state index contributed by atoms with van der Waals surface area (Å²) in [5, 5.41) is 2.76. The molecule has 3 heterocycles. The Morgan fingerprint density at radius 3 is 2.54 bits per heavy atom. The average molecular weight is 659 g/mol. The number of nitrogens with zero attached hydrogens (tertiary/aromatic N) is 4. The molecule has 2 aromatic carbocycles. The zero-order chi connectivity index (χ0) is 34.8. The molecule has 0 unspecified atom stereocenters. The Morgan fingerprint density at radius 1 is 1.06 bits per heavy atom. The van der Waals surface area contributed by atoms with Crippen LogP contribution in [0, 0.1) is 11.8 Å². The molecule has 0 spiro atoms. The molecule has 0 fully saturated rings. The molecule has 0 bridgehead atoms. The first kappa shape index (κ1) is 33.7. The van der Waals surface area contributed by atoms with Gasteiger partial charge in [-0.15, -0.1) is 0 Å². The fourth-order valence-electron chi connectivity index (χ4n) is 5.19. The Hall–Kier alpha value is -5.64. The number of alkyl halides is 3. The number of halogens is 3. The number of nitrogens with two attached hydrogens (primary N) is 1. The lowest BCUT2D eigenvalue weighted by molar-refractivity contribution is -0.137. The number of hydrogen-bond acceptors (Lipinski definition) is 7. The van der Waals surface area contributed by atoms with Crippen molar-refractivity contribution in [3.63, 3.8) is 0 Å². The molecule has 0 atom stereocenters. The third kappa shape index (κ3) is 7.83. The molecular weight excluding hydrogens is 625 g/mol. The molecule has 5 rings (SSSR count). The van der Waals surface area contributed by atoms with Gasteiger partial charge in [0.05, 0.1) is 22.4 Å². The van der Waals surface area contributed by atoms with Crippen molar-refractivity contribution in [3.05, 3.63) is 94.3 Å². The van der Waals surface area contributed by atoms with E-state index in [2.05, 4.69) is 27.1 Å². The highest BCUT2D eigenvalue weighted by molar-refractivity contribution is 6.05. The quantitative estimate of drug-likeness (QED) is 0.252. The lowest BCUT2D eigenvalue weighted by Crippen LogP contribution is -2.44. The standard InChI is InChI=1S/C35H33F3N6O4/c1-34(2,3)48-33(47)44-16-15-27-26(31(44)46)19-28(43(27)4)30-23(20-40-32(39)42-30)13-11-22-8-6-10-25(18-22)41-29(45)14-12-21-7-5-9-24(17-21)35(36,37)38/h5-10,17-20H,12,14-16H2,1-4H3,(H,41,45)(H2,39,40,42). The summed E-state index contributed by atoms with van der Waals surface area (Å²) in [6.45, 7) is 5.35. The van der Waals surface area contributed by atoms with Crippen LogP contribution >= 0.6 is 0 Å². The summed E-state index contributed by atoms with van der Waals surface area (Å²) in [6, 6.07) is 13.3. The van der Waals surface area contributed by atoms with Gasteiger partial charge in [0.15, 0.2) is 0 Å². The van der Waals surface area contributed by atoms with Gasteiger partial charge in [-0.1, -0.05) is 36.1 Å². The summed E-state index contributed by atoms with van der Waals surface area (Å²) in [7, 11) is 1.79. The lowest BCUT2D eigenvalue weighted by Gasteiger charge is -2.28. The number of ether oxygens (including phenoxy) is 1. The summed E-state index contributed by atoms with van der Waals surface area (Å²) in [4.78, 5) is 48.2. The van der Waals surface area contributed by atoms with Gasteiger partial charge in [0, 0.05) is 49.6 Å². The summed E-state index contributed by atoms with van der Waals surface area (Å²) in [5.74, 6) is 5.26. The van der Waals surface area contributed by atoms with Gasteiger partial charge in [0.2, 0.25) is 11.9 Å². The second-order valence-electron chi connectivity index (χ2n) is 12.2. The van der Waals surface area contributed by atoms with Crippen LogP contribution in [0.25, 0.3) is 11.4 Å². The second-order valence-corrected chi connectivity index (χ2v) is 12.2. The second kappa shape index (κ2) is 13.2. The summed E-state index contributed by atoms with van der Waals surface area (Å²) < 4.78 is 46.3. The third-order valence-electron chi connectivity index (χ3n) is 7.45. The predicted octanol–water partition coefficient (Wildman–Crippen LogP) is 5.99. The number of nitrogens with one attached hydrogen (secondary N) is 1. The van der Waals surface area contributed by atoms with Crippen LogP contribution in [-0.4, -0.2) is 49.5 Å².